The molecule has 42 heavy (non-hydrogen) atoms. The zero-order chi connectivity index (χ0) is 30.6. The molecule has 0 spiro atoms. The molecule has 0 amide bonds. The number of ether oxygens (including phenoxy) is 5. The van der Waals surface area contributed by atoms with Crippen LogP contribution in [0.3, 0.4) is 0 Å². The lowest BCUT2D eigenvalue weighted by molar-refractivity contribution is -0.154. The maximum absolute atomic E-state index is 14.0. The Bertz CT molecular complexity index is 1680. The van der Waals surface area contributed by atoms with E-state index in [-0.39, 0.29) is 22.8 Å². The summed E-state index contributed by atoms with van der Waals surface area (Å²) in [5.74, 6) is -2.45. The molecule has 0 aliphatic heterocycles. The molecule has 0 fully saturated rings. The Morgan fingerprint density at radius 2 is 1.55 bits per heavy atom. The highest BCUT2D eigenvalue weighted by molar-refractivity contribution is 5.90. The van der Waals surface area contributed by atoms with Crippen molar-refractivity contribution in [2.24, 2.45) is 0 Å². The van der Waals surface area contributed by atoms with Gasteiger partial charge in [0.05, 0.1) is 26.7 Å². The van der Waals surface area contributed by atoms with Crippen molar-refractivity contribution in [1.82, 2.24) is 0 Å². The number of esters is 1. The third kappa shape index (κ3) is 6.35. The van der Waals surface area contributed by atoms with Gasteiger partial charge in [0.25, 0.3) is 5.76 Å². The largest absolute Gasteiger partial charge is 0.493 e. The summed E-state index contributed by atoms with van der Waals surface area (Å²) in [5, 5.41) is -0.187. The predicted octanol–water partition coefficient (Wildman–Crippen LogP) is 7.37. The fraction of sp³-hybridized carbons (Fsp3) is 0.226. The Labute approximate surface area is 238 Å². The summed E-state index contributed by atoms with van der Waals surface area (Å²) < 4.78 is 73.8. The Hall–Kier alpha value is -4.93. The summed E-state index contributed by atoms with van der Waals surface area (Å²) in [5.41, 5.74) is -0.322. The van der Waals surface area contributed by atoms with Gasteiger partial charge in [-0.05, 0) is 53.5 Å². The summed E-state index contributed by atoms with van der Waals surface area (Å²) in [7, 11) is 4.35. The summed E-state index contributed by atoms with van der Waals surface area (Å²) >= 11 is 0. The number of hydrogen-bond donors (Lipinski definition) is 0. The van der Waals surface area contributed by atoms with E-state index < -0.39 is 34.7 Å². The first-order valence-corrected chi connectivity index (χ1v) is 12.6. The minimum atomic E-state index is -5.05. The molecule has 220 valence electrons. The van der Waals surface area contributed by atoms with Gasteiger partial charge in [0.1, 0.15) is 17.1 Å². The molecule has 11 heteroatoms. The number of halogens is 3. The summed E-state index contributed by atoms with van der Waals surface area (Å²) in [4.78, 5) is 25.7. The van der Waals surface area contributed by atoms with Gasteiger partial charge in [-0.3, -0.25) is 4.79 Å². The van der Waals surface area contributed by atoms with Crippen LogP contribution in [0.5, 0.6) is 34.5 Å². The molecular weight excluding hydrogens is 557 g/mol. The number of alkyl halides is 3. The summed E-state index contributed by atoms with van der Waals surface area (Å²) in [6.07, 6.45) is -2.52. The third-order valence-corrected chi connectivity index (χ3v) is 6.15. The van der Waals surface area contributed by atoms with E-state index in [0.717, 1.165) is 12.1 Å². The van der Waals surface area contributed by atoms with Crippen molar-refractivity contribution in [1.29, 1.82) is 0 Å². The van der Waals surface area contributed by atoms with Gasteiger partial charge in [0, 0.05) is 12.1 Å². The SMILES string of the molecule is COc1cc(C=CC(=O)Oc2ccc3c(=O)c(Oc4ccccc4C(C)C)c(C(F)(F)F)oc3c2)cc(OC)c1OC. The van der Waals surface area contributed by atoms with E-state index in [2.05, 4.69) is 0 Å². The fourth-order valence-electron chi connectivity index (χ4n) is 4.17. The Morgan fingerprint density at radius 1 is 0.881 bits per heavy atom. The maximum Gasteiger partial charge on any atom is 0.453 e. The fourth-order valence-corrected chi connectivity index (χ4v) is 4.17. The van der Waals surface area contributed by atoms with Gasteiger partial charge < -0.3 is 28.1 Å². The lowest BCUT2D eigenvalue weighted by Gasteiger charge is -2.16. The number of carbonyl (C=O) groups excluding carboxylic acids is 1. The molecule has 0 bridgehead atoms. The summed E-state index contributed by atoms with van der Waals surface area (Å²) in [6.45, 7) is 3.69. The van der Waals surface area contributed by atoms with Gasteiger partial charge in [-0.1, -0.05) is 32.0 Å². The molecule has 4 rings (SSSR count). The van der Waals surface area contributed by atoms with Crippen molar-refractivity contribution in [3.63, 3.8) is 0 Å². The van der Waals surface area contributed by atoms with Crippen LogP contribution in [0.1, 0.15) is 36.7 Å². The highest BCUT2D eigenvalue weighted by atomic mass is 19.4. The van der Waals surface area contributed by atoms with Crippen LogP contribution >= 0.6 is 0 Å². The molecule has 3 aromatic carbocycles. The van der Waals surface area contributed by atoms with Crippen LogP contribution in [-0.2, 0) is 11.0 Å². The average molecular weight is 585 g/mol. The van der Waals surface area contributed by atoms with Crippen LogP contribution in [0.4, 0.5) is 13.2 Å². The monoisotopic (exact) mass is 584 g/mol. The topological polar surface area (TPSA) is 93.4 Å². The number of carbonyl (C=O) groups is 1. The van der Waals surface area contributed by atoms with Gasteiger partial charge in [-0.2, -0.15) is 13.2 Å². The lowest BCUT2D eigenvalue weighted by Crippen LogP contribution is -2.16. The van der Waals surface area contributed by atoms with E-state index in [1.807, 2.05) is 13.8 Å². The Morgan fingerprint density at radius 3 is 2.14 bits per heavy atom. The van der Waals surface area contributed by atoms with E-state index in [0.29, 0.717) is 28.4 Å². The van der Waals surface area contributed by atoms with Crippen LogP contribution in [0.2, 0.25) is 0 Å². The second-order valence-electron chi connectivity index (χ2n) is 9.25. The van der Waals surface area contributed by atoms with Gasteiger partial charge in [-0.15, -0.1) is 0 Å². The minimum Gasteiger partial charge on any atom is -0.493 e. The molecule has 4 aromatic rings. The van der Waals surface area contributed by atoms with Gasteiger partial charge in [0.15, 0.2) is 11.5 Å². The predicted molar refractivity (Wildman–Crippen MR) is 149 cm³/mol. The van der Waals surface area contributed by atoms with Crippen molar-refractivity contribution in [3.05, 3.63) is 87.8 Å². The second-order valence-corrected chi connectivity index (χ2v) is 9.25. The smallest absolute Gasteiger partial charge is 0.453 e. The van der Waals surface area contributed by atoms with Crippen LogP contribution in [-0.4, -0.2) is 27.3 Å². The zero-order valence-electron chi connectivity index (χ0n) is 23.3. The van der Waals surface area contributed by atoms with Crippen molar-refractivity contribution in [2.45, 2.75) is 25.9 Å². The van der Waals surface area contributed by atoms with Gasteiger partial charge in [-0.25, -0.2) is 4.79 Å². The summed E-state index contributed by atoms with van der Waals surface area (Å²) in [6, 6.07) is 13.2. The number of rotatable bonds is 9. The molecule has 0 saturated carbocycles. The van der Waals surface area contributed by atoms with Crippen molar-refractivity contribution >= 4 is 23.0 Å². The van der Waals surface area contributed by atoms with Crippen LogP contribution in [0.15, 0.2) is 69.9 Å². The molecule has 0 atom stereocenters. The Balaban J connectivity index is 1.65. The molecule has 0 aliphatic rings. The van der Waals surface area contributed by atoms with Crippen LogP contribution in [0.25, 0.3) is 17.0 Å². The maximum atomic E-state index is 14.0. The van der Waals surface area contributed by atoms with E-state index in [4.69, 9.17) is 28.1 Å². The average Bonchev–Trinajstić information content (AvgIpc) is 2.96. The zero-order valence-corrected chi connectivity index (χ0v) is 23.3. The van der Waals surface area contributed by atoms with Crippen molar-refractivity contribution in [2.75, 3.05) is 21.3 Å². The van der Waals surface area contributed by atoms with E-state index in [1.165, 1.54) is 45.6 Å². The van der Waals surface area contributed by atoms with E-state index in [1.54, 1.807) is 30.3 Å². The molecule has 0 N–H and O–H groups in total. The van der Waals surface area contributed by atoms with E-state index >= 15 is 0 Å². The minimum absolute atomic E-state index is 0.0805. The Kier molecular flexibility index (Phi) is 8.79. The van der Waals surface area contributed by atoms with Crippen molar-refractivity contribution in [3.8, 4) is 34.5 Å². The number of fused-ring (bicyclic) bond motifs is 1. The molecule has 1 heterocycles. The first-order chi connectivity index (χ1) is 20.0. The first kappa shape index (κ1) is 30.0. The molecule has 0 saturated heterocycles. The first-order valence-electron chi connectivity index (χ1n) is 12.6. The lowest BCUT2D eigenvalue weighted by atomic mass is 10.0. The van der Waals surface area contributed by atoms with Crippen molar-refractivity contribution < 1.29 is 46.1 Å². The van der Waals surface area contributed by atoms with Gasteiger partial charge >= 0.3 is 12.1 Å². The molecule has 0 aliphatic carbocycles. The number of hydrogen-bond acceptors (Lipinski definition) is 8. The molecule has 0 unspecified atom stereocenters. The molecule has 8 nitrogen and oxygen atoms in total. The number of methoxy groups -OCH3 is 3. The highest BCUT2D eigenvalue weighted by Gasteiger charge is 2.40. The van der Waals surface area contributed by atoms with E-state index in [9.17, 15) is 22.8 Å². The quantitative estimate of drug-likeness (QED) is 0.114. The number of para-hydroxylation sites is 1. The normalized spacial score (nSPS) is 11.6. The third-order valence-electron chi connectivity index (χ3n) is 6.15. The standard InChI is InChI=1S/C31H27F3O8/c1-17(2)20-8-6-7-9-22(20)41-29-27(36)21-12-11-19(16-23(21)42-30(29)31(32,33)34)40-26(35)13-10-18-14-24(37-3)28(39-5)25(15-18)38-4/h6-17H,1-5H3. The molecular formula is C31H27F3O8. The van der Waals surface area contributed by atoms with Crippen LogP contribution in [0, 0.1) is 0 Å². The van der Waals surface area contributed by atoms with Gasteiger partial charge in [0.2, 0.25) is 16.9 Å². The molecule has 0 radical (unpaired) electrons. The van der Waals surface area contributed by atoms with Crippen LogP contribution < -0.4 is 29.1 Å². The molecule has 1 aromatic heterocycles. The highest BCUT2D eigenvalue weighted by Crippen LogP contribution is 2.40. The number of benzene rings is 3. The second kappa shape index (κ2) is 12.3.